The number of aromatic nitrogens is 1. The zero-order valence-corrected chi connectivity index (χ0v) is 11.7. The van der Waals surface area contributed by atoms with E-state index in [0.29, 0.717) is 5.69 Å². The van der Waals surface area contributed by atoms with Crippen LogP contribution in [-0.4, -0.2) is 33.9 Å². The third-order valence-electron chi connectivity index (χ3n) is 3.47. The molecule has 2 aliphatic heterocycles. The van der Waals surface area contributed by atoms with Crippen LogP contribution < -0.4 is 21.6 Å². The highest BCUT2D eigenvalue weighted by Crippen LogP contribution is 2.18. The first-order chi connectivity index (χ1) is 10.1. The van der Waals surface area contributed by atoms with Gasteiger partial charge in [-0.3, -0.25) is 19.6 Å². The van der Waals surface area contributed by atoms with Crippen LogP contribution in [0.2, 0.25) is 0 Å². The smallest absolute Gasteiger partial charge is 0.250 e. The molecule has 0 saturated carbocycles. The topological polar surface area (TPSA) is 98.4 Å². The van der Waals surface area contributed by atoms with E-state index in [1.165, 1.54) is 0 Å². The minimum atomic E-state index is -0.700. The Morgan fingerprint density at radius 2 is 2.24 bits per heavy atom. The second-order valence-corrected chi connectivity index (χ2v) is 5.07. The van der Waals surface area contributed by atoms with Crippen LogP contribution in [0.4, 0.5) is 5.69 Å². The van der Waals surface area contributed by atoms with Crippen molar-refractivity contribution in [3.05, 3.63) is 35.9 Å². The van der Waals surface area contributed by atoms with Crippen LogP contribution in [0.3, 0.4) is 0 Å². The molecule has 3 heterocycles. The fourth-order valence-electron chi connectivity index (χ4n) is 2.37. The highest BCUT2D eigenvalue weighted by Gasteiger charge is 2.44. The van der Waals surface area contributed by atoms with Crippen molar-refractivity contribution in [2.45, 2.75) is 25.9 Å². The van der Waals surface area contributed by atoms with Crippen LogP contribution >= 0.6 is 0 Å². The first-order valence-electron chi connectivity index (χ1n) is 6.56. The van der Waals surface area contributed by atoms with Gasteiger partial charge in [-0.25, -0.2) is 5.43 Å². The fourth-order valence-corrected chi connectivity index (χ4v) is 2.37. The molecule has 0 spiro atoms. The maximum Gasteiger partial charge on any atom is 0.250 e. The van der Waals surface area contributed by atoms with Crippen LogP contribution in [0, 0.1) is 6.92 Å². The van der Waals surface area contributed by atoms with Gasteiger partial charge in [0, 0.05) is 18.1 Å². The number of rotatable bonds is 2. The van der Waals surface area contributed by atoms with Gasteiger partial charge in [0.25, 0.3) is 5.91 Å². The summed E-state index contributed by atoms with van der Waals surface area (Å²) in [4.78, 5) is 28.4. The van der Waals surface area contributed by atoms with Gasteiger partial charge in [0.05, 0.1) is 11.9 Å². The molecular weight excluding hydrogens is 272 g/mol. The quantitative estimate of drug-likeness (QED) is 0.579. The van der Waals surface area contributed by atoms with Gasteiger partial charge in [-0.1, -0.05) is 0 Å². The summed E-state index contributed by atoms with van der Waals surface area (Å²) in [5.41, 5.74) is 7.90. The number of carbonyl (C=O) groups is 2. The predicted octanol–water partition coefficient (Wildman–Crippen LogP) is -0.618. The van der Waals surface area contributed by atoms with Gasteiger partial charge in [-0.15, -0.1) is 0 Å². The Kier molecular flexibility index (Phi) is 3.32. The molecule has 0 aliphatic carbocycles. The van der Waals surface area contributed by atoms with Gasteiger partial charge >= 0.3 is 0 Å². The normalized spacial score (nSPS) is 24.2. The van der Waals surface area contributed by atoms with Crippen molar-refractivity contribution in [3.8, 4) is 0 Å². The number of allylic oxidation sites excluding steroid dienone is 1. The predicted molar refractivity (Wildman–Crippen MR) is 75.2 cm³/mol. The van der Waals surface area contributed by atoms with Crippen molar-refractivity contribution in [1.82, 2.24) is 26.3 Å². The lowest BCUT2D eigenvalue weighted by Gasteiger charge is -2.28. The van der Waals surface area contributed by atoms with Gasteiger partial charge in [0.15, 0.2) is 6.04 Å². The molecular formula is C13H16N6O2. The molecule has 1 fully saturated rings. The van der Waals surface area contributed by atoms with Crippen LogP contribution in [0.25, 0.3) is 0 Å². The average Bonchev–Trinajstić information content (AvgIpc) is 2.85. The van der Waals surface area contributed by atoms with Crippen LogP contribution in [0.1, 0.15) is 12.5 Å². The molecule has 2 unspecified atom stereocenters. The number of aryl methyl sites for hydroxylation is 1. The second kappa shape index (κ2) is 5.15. The van der Waals surface area contributed by atoms with Gasteiger partial charge < -0.3 is 10.6 Å². The summed E-state index contributed by atoms with van der Waals surface area (Å²) in [7, 11) is 0. The molecule has 2 aliphatic rings. The third kappa shape index (κ3) is 2.46. The van der Waals surface area contributed by atoms with Crippen LogP contribution in [0.5, 0.6) is 0 Å². The van der Waals surface area contributed by atoms with E-state index in [9.17, 15) is 9.59 Å². The Bertz CT molecular complexity index is 629. The molecule has 8 nitrogen and oxygen atoms in total. The molecule has 0 radical (unpaired) electrons. The molecule has 1 saturated heterocycles. The number of fused-ring (bicyclic) bond motifs is 1. The lowest BCUT2D eigenvalue weighted by atomic mass is 10.1. The summed E-state index contributed by atoms with van der Waals surface area (Å²) in [6.07, 6.45) is 4.98. The van der Waals surface area contributed by atoms with Crippen molar-refractivity contribution < 1.29 is 9.59 Å². The largest absolute Gasteiger partial charge is 0.327 e. The Morgan fingerprint density at radius 3 is 3.00 bits per heavy atom. The van der Waals surface area contributed by atoms with Crippen LogP contribution in [-0.2, 0) is 9.59 Å². The lowest BCUT2D eigenvalue weighted by molar-refractivity contribution is -0.129. The van der Waals surface area contributed by atoms with Crippen molar-refractivity contribution in [2.75, 3.05) is 5.32 Å². The third-order valence-corrected chi connectivity index (χ3v) is 3.47. The Balaban J connectivity index is 1.77. The number of hydrogen-bond acceptors (Lipinski definition) is 6. The number of carbonyl (C=O) groups excluding carboxylic acids is 2. The summed E-state index contributed by atoms with van der Waals surface area (Å²) >= 11 is 0. The van der Waals surface area contributed by atoms with Crippen molar-refractivity contribution in [1.29, 1.82) is 0 Å². The monoisotopic (exact) mass is 288 g/mol. The van der Waals surface area contributed by atoms with E-state index in [0.717, 1.165) is 11.3 Å². The highest BCUT2D eigenvalue weighted by molar-refractivity contribution is 6.01. The van der Waals surface area contributed by atoms with E-state index in [4.69, 9.17) is 0 Å². The molecule has 3 rings (SSSR count). The number of nitrogens with zero attached hydrogens (tertiary/aromatic N) is 2. The Labute approximate surface area is 121 Å². The van der Waals surface area contributed by atoms with Crippen LogP contribution in [0.15, 0.2) is 30.4 Å². The second-order valence-electron chi connectivity index (χ2n) is 5.07. The minimum Gasteiger partial charge on any atom is -0.327 e. The summed E-state index contributed by atoms with van der Waals surface area (Å²) < 4.78 is 0. The van der Waals surface area contributed by atoms with Gasteiger partial charge in [0.1, 0.15) is 6.04 Å². The number of anilines is 1. The summed E-state index contributed by atoms with van der Waals surface area (Å²) in [6.45, 7) is 3.66. The molecule has 1 aromatic heterocycles. The number of pyridine rings is 1. The fraction of sp³-hybridized carbons (Fsp3) is 0.308. The molecule has 2 amide bonds. The van der Waals surface area contributed by atoms with Crippen molar-refractivity contribution >= 4 is 17.5 Å². The number of amides is 2. The maximum absolute atomic E-state index is 12.4. The molecule has 1 aromatic rings. The standard InChI is InChI=1S/C13H16N6O2/c1-7-3-4-14-5-9(7)16-12(20)10-11-13(21)15-8(2)6-19(11)18-17-10/h3-6,10-11,17-18H,1-2H3,(H,15,21)(H,16,20). The van der Waals surface area contributed by atoms with E-state index < -0.39 is 12.1 Å². The molecule has 0 bridgehead atoms. The SMILES string of the molecule is CC1=CN2NNC(C(=O)Nc3cnccc3C)C2C(=O)N1. The van der Waals surface area contributed by atoms with Gasteiger partial charge in [-0.2, -0.15) is 5.53 Å². The number of hydrazine groups is 2. The maximum atomic E-state index is 12.4. The summed E-state index contributed by atoms with van der Waals surface area (Å²) in [5, 5.41) is 7.10. The average molecular weight is 288 g/mol. The first-order valence-corrected chi connectivity index (χ1v) is 6.56. The molecule has 21 heavy (non-hydrogen) atoms. The van der Waals surface area contributed by atoms with E-state index >= 15 is 0 Å². The summed E-state index contributed by atoms with van der Waals surface area (Å²) in [5.74, 6) is -0.523. The molecule has 4 N–H and O–H groups in total. The number of nitrogens with one attached hydrogen (secondary N) is 4. The van der Waals surface area contributed by atoms with E-state index in [1.54, 1.807) is 30.5 Å². The Morgan fingerprint density at radius 1 is 1.43 bits per heavy atom. The van der Waals surface area contributed by atoms with Gasteiger partial charge in [-0.05, 0) is 25.5 Å². The molecule has 0 aromatic carbocycles. The molecule has 110 valence electrons. The van der Waals surface area contributed by atoms with E-state index in [-0.39, 0.29) is 11.8 Å². The zero-order chi connectivity index (χ0) is 15.0. The molecule has 8 heteroatoms. The zero-order valence-electron chi connectivity index (χ0n) is 11.7. The van der Waals surface area contributed by atoms with E-state index in [1.807, 2.05) is 13.0 Å². The van der Waals surface area contributed by atoms with Crippen molar-refractivity contribution in [3.63, 3.8) is 0 Å². The van der Waals surface area contributed by atoms with E-state index in [2.05, 4.69) is 26.6 Å². The van der Waals surface area contributed by atoms with Crippen molar-refractivity contribution in [2.24, 2.45) is 0 Å². The first kappa shape index (κ1) is 13.5. The lowest BCUT2D eigenvalue weighted by Crippen LogP contribution is -2.54. The number of hydrogen-bond donors (Lipinski definition) is 4. The van der Waals surface area contributed by atoms with Gasteiger partial charge in [0.2, 0.25) is 5.91 Å². The minimum absolute atomic E-state index is 0.226. The summed E-state index contributed by atoms with van der Waals surface area (Å²) in [6, 6.07) is 0.474. The Hall–Kier alpha value is -2.45. The highest BCUT2D eigenvalue weighted by atomic mass is 16.2. The molecule has 2 atom stereocenters.